The number of hydrogen-bond donors (Lipinski definition) is 1. The van der Waals surface area contributed by atoms with Crippen LogP contribution in [0.15, 0.2) is 108 Å². The maximum absolute atomic E-state index is 14.2. The van der Waals surface area contributed by atoms with E-state index in [9.17, 15) is 22.4 Å². The molecule has 7 nitrogen and oxygen atoms in total. The summed E-state index contributed by atoms with van der Waals surface area (Å²) in [6.07, 6.45) is 0.179. The average Bonchev–Trinajstić information content (AvgIpc) is 2.99. The van der Waals surface area contributed by atoms with Gasteiger partial charge < -0.3 is 10.2 Å². The van der Waals surface area contributed by atoms with Gasteiger partial charge in [0.25, 0.3) is 10.0 Å². The number of aryl methyl sites for hydroxylation is 1. The summed E-state index contributed by atoms with van der Waals surface area (Å²) in [6.45, 7) is 1.13. The van der Waals surface area contributed by atoms with Crippen molar-refractivity contribution in [3.05, 3.63) is 131 Å². The van der Waals surface area contributed by atoms with Crippen molar-refractivity contribution >= 4 is 39.1 Å². The Bertz CT molecular complexity index is 1630. The van der Waals surface area contributed by atoms with E-state index >= 15 is 0 Å². The van der Waals surface area contributed by atoms with Crippen molar-refractivity contribution in [3.8, 4) is 0 Å². The molecule has 0 bridgehead atoms. The molecular weight excluding hydrogens is 577 g/mol. The molecule has 4 rings (SSSR count). The molecule has 1 N–H and O–H groups in total. The van der Waals surface area contributed by atoms with Gasteiger partial charge in [0.05, 0.1) is 10.6 Å². The van der Waals surface area contributed by atoms with Crippen LogP contribution in [0.3, 0.4) is 0 Å². The minimum Gasteiger partial charge on any atom is -0.357 e. The topological polar surface area (TPSA) is 86.8 Å². The van der Waals surface area contributed by atoms with Crippen LogP contribution in [0.1, 0.15) is 16.7 Å². The number of carbonyl (C=O) groups is 2. The van der Waals surface area contributed by atoms with E-state index in [0.717, 1.165) is 27.6 Å². The molecule has 0 aliphatic carbocycles. The lowest BCUT2D eigenvalue weighted by molar-refractivity contribution is -0.139. The zero-order chi connectivity index (χ0) is 30.3. The summed E-state index contributed by atoms with van der Waals surface area (Å²) in [5.74, 6) is -1.62. The Morgan fingerprint density at radius 1 is 0.881 bits per heavy atom. The number of carbonyl (C=O) groups excluding carboxylic acids is 2. The van der Waals surface area contributed by atoms with E-state index in [0.29, 0.717) is 10.6 Å². The van der Waals surface area contributed by atoms with Gasteiger partial charge in [0, 0.05) is 25.0 Å². The Morgan fingerprint density at radius 3 is 2.12 bits per heavy atom. The summed E-state index contributed by atoms with van der Waals surface area (Å²) in [5.41, 5.74) is 2.36. The number of amides is 2. The van der Waals surface area contributed by atoms with Crippen LogP contribution in [0.4, 0.5) is 10.1 Å². The summed E-state index contributed by atoms with van der Waals surface area (Å²) in [6, 6.07) is 26.2. The van der Waals surface area contributed by atoms with E-state index < -0.39 is 40.2 Å². The third kappa shape index (κ3) is 7.35. The van der Waals surface area contributed by atoms with Gasteiger partial charge in [0.2, 0.25) is 11.8 Å². The fourth-order valence-corrected chi connectivity index (χ4v) is 6.11. The van der Waals surface area contributed by atoms with Gasteiger partial charge in [-0.15, -0.1) is 0 Å². The van der Waals surface area contributed by atoms with Gasteiger partial charge in [0.15, 0.2) is 0 Å². The Labute approximate surface area is 250 Å². The maximum Gasteiger partial charge on any atom is 0.264 e. The minimum atomic E-state index is -4.27. The van der Waals surface area contributed by atoms with E-state index in [4.69, 9.17) is 11.6 Å². The van der Waals surface area contributed by atoms with Crippen LogP contribution in [0, 0.1) is 12.7 Å². The van der Waals surface area contributed by atoms with Crippen molar-refractivity contribution in [2.45, 2.75) is 30.8 Å². The second-order valence-corrected chi connectivity index (χ2v) is 12.0. The number of hydrogen-bond acceptors (Lipinski definition) is 4. The van der Waals surface area contributed by atoms with Gasteiger partial charge in [-0.2, -0.15) is 0 Å². The van der Waals surface area contributed by atoms with Crippen LogP contribution in [-0.4, -0.2) is 44.8 Å². The zero-order valence-corrected chi connectivity index (χ0v) is 24.8. The van der Waals surface area contributed by atoms with E-state index in [1.807, 2.05) is 37.3 Å². The van der Waals surface area contributed by atoms with Crippen LogP contribution in [0.5, 0.6) is 0 Å². The summed E-state index contributed by atoms with van der Waals surface area (Å²) < 4.78 is 42.6. The van der Waals surface area contributed by atoms with Gasteiger partial charge in [0.1, 0.15) is 18.4 Å². The fraction of sp³-hybridized carbons (Fsp3) is 0.188. The summed E-state index contributed by atoms with van der Waals surface area (Å²) in [4.78, 5) is 28.8. The first-order valence-electron chi connectivity index (χ1n) is 13.2. The predicted molar refractivity (Wildman–Crippen MR) is 162 cm³/mol. The molecular formula is C32H31ClFN3O4S. The molecule has 1 atom stereocenters. The third-order valence-electron chi connectivity index (χ3n) is 6.82. The highest BCUT2D eigenvalue weighted by Crippen LogP contribution is 2.26. The molecule has 0 fully saturated rings. The predicted octanol–water partition coefficient (Wildman–Crippen LogP) is 5.37. The van der Waals surface area contributed by atoms with Crippen molar-refractivity contribution in [3.63, 3.8) is 0 Å². The van der Waals surface area contributed by atoms with Crippen LogP contribution < -0.4 is 9.62 Å². The molecule has 42 heavy (non-hydrogen) atoms. The lowest BCUT2D eigenvalue weighted by Gasteiger charge is -2.33. The molecule has 2 amide bonds. The normalized spacial score (nSPS) is 11.9. The van der Waals surface area contributed by atoms with Crippen molar-refractivity contribution in [1.82, 2.24) is 10.2 Å². The summed E-state index contributed by atoms with van der Waals surface area (Å²) in [7, 11) is -2.79. The smallest absolute Gasteiger partial charge is 0.264 e. The lowest BCUT2D eigenvalue weighted by atomic mass is 10.0. The van der Waals surface area contributed by atoms with Gasteiger partial charge in [-0.25, -0.2) is 12.8 Å². The number of likely N-dealkylation sites (N-methyl/N-ethyl adjacent to an activating group) is 1. The highest BCUT2D eigenvalue weighted by Gasteiger charge is 2.34. The molecule has 0 aliphatic rings. The van der Waals surface area contributed by atoms with Crippen molar-refractivity contribution in [2.75, 3.05) is 17.9 Å². The molecule has 0 saturated heterocycles. The van der Waals surface area contributed by atoms with Crippen molar-refractivity contribution in [2.24, 2.45) is 0 Å². The van der Waals surface area contributed by atoms with Gasteiger partial charge >= 0.3 is 0 Å². The van der Waals surface area contributed by atoms with E-state index in [1.165, 1.54) is 36.2 Å². The van der Waals surface area contributed by atoms with Gasteiger partial charge in [-0.1, -0.05) is 77.8 Å². The first-order chi connectivity index (χ1) is 20.1. The third-order valence-corrected chi connectivity index (χ3v) is 8.98. The zero-order valence-electron chi connectivity index (χ0n) is 23.2. The van der Waals surface area contributed by atoms with Crippen LogP contribution in [0.2, 0.25) is 5.02 Å². The van der Waals surface area contributed by atoms with Crippen LogP contribution >= 0.6 is 11.6 Å². The number of anilines is 1. The van der Waals surface area contributed by atoms with Gasteiger partial charge in [-0.3, -0.25) is 13.9 Å². The van der Waals surface area contributed by atoms with Crippen molar-refractivity contribution < 1.29 is 22.4 Å². The Morgan fingerprint density at radius 2 is 1.50 bits per heavy atom. The quantitative estimate of drug-likeness (QED) is 0.248. The first kappa shape index (κ1) is 30.7. The highest BCUT2D eigenvalue weighted by molar-refractivity contribution is 7.92. The molecule has 0 radical (unpaired) electrons. The number of benzene rings is 4. The molecule has 0 spiro atoms. The molecule has 0 heterocycles. The summed E-state index contributed by atoms with van der Waals surface area (Å²) in [5, 5.41) is 3.03. The second-order valence-electron chi connectivity index (χ2n) is 9.73. The molecule has 0 unspecified atom stereocenters. The van der Waals surface area contributed by atoms with Crippen molar-refractivity contribution in [1.29, 1.82) is 0 Å². The Balaban J connectivity index is 1.79. The number of halogens is 2. The molecule has 218 valence electrons. The second kappa shape index (κ2) is 13.6. The molecule has 4 aromatic rings. The SMILES string of the molecule is CNC(=O)[C@H](Cc1ccccc1)N(Cc1ccccc1Cl)C(=O)CN(c1ccc(F)cc1)S(=O)(=O)c1ccc(C)cc1. The molecule has 10 heteroatoms. The lowest BCUT2D eigenvalue weighted by Crippen LogP contribution is -2.53. The molecule has 4 aromatic carbocycles. The largest absolute Gasteiger partial charge is 0.357 e. The molecule has 0 aliphatic heterocycles. The Kier molecular flexibility index (Phi) is 9.98. The average molecular weight is 608 g/mol. The van der Waals surface area contributed by atoms with Gasteiger partial charge in [-0.05, 0) is 60.5 Å². The molecule has 0 aromatic heterocycles. The number of nitrogens with zero attached hydrogens (tertiary/aromatic N) is 2. The summed E-state index contributed by atoms with van der Waals surface area (Å²) >= 11 is 6.45. The van der Waals surface area contributed by atoms with Crippen LogP contribution in [-0.2, 0) is 32.6 Å². The monoisotopic (exact) mass is 607 g/mol. The van der Waals surface area contributed by atoms with E-state index in [-0.39, 0.29) is 23.5 Å². The number of rotatable bonds is 11. The standard InChI is InChI=1S/C32H31ClFN3O4S/c1-23-12-18-28(19-13-23)42(40,41)37(27-16-14-26(34)15-17-27)22-31(38)36(21-25-10-6-7-11-29(25)33)30(32(39)35-2)20-24-8-4-3-5-9-24/h3-19,30H,20-22H2,1-2H3,(H,35,39)/t30-/m0/s1. The Hall–Kier alpha value is -4.21. The number of sulfonamides is 1. The number of nitrogens with one attached hydrogen (secondary N) is 1. The maximum atomic E-state index is 14.2. The fourth-order valence-electron chi connectivity index (χ4n) is 4.50. The van der Waals surface area contributed by atoms with E-state index in [1.54, 1.807) is 36.4 Å². The minimum absolute atomic E-state index is 0.0324. The first-order valence-corrected chi connectivity index (χ1v) is 15.1. The molecule has 0 saturated carbocycles. The van der Waals surface area contributed by atoms with Crippen LogP contribution in [0.25, 0.3) is 0 Å². The highest BCUT2D eigenvalue weighted by atomic mass is 35.5. The van der Waals surface area contributed by atoms with E-state index in [2.05, 4.69) is 5.32 Å².